The Hall–Kier alpha value is -3.18. The summed E-state index contributed by atoms with van der Waals surface area (Å²) < 4.78 is 44.9. The van der Waals surface area contributed by atoms with Gasteiger partial charge in [0.2, 0.25) is 5.95 Å². The number of rotatable bonds is 9. The van der Waals surface area contributed by atoms with Gasteiger partial charge in [-0.15, -0.1) is 0 Å². The van der Waals surface area contributed by atoms with Gasteiger partial charge in [0.1, 0.15) is 18.3 Å². The normalized spacial score (nSPS) is 23.3. The molecule has 1 aliphatic heterocycles. The van der Waals surface area contributed by atoms with Gasteiger partial charge in [0.25, 0.3) is 5.56 Å². The number of ether oxygens (including phenoxy) is 1. The van der Waals surface area contributed by atoms with Crippen LogP contribution in [0.4, 0.5) is 11.6 Å². The van der Waals surface area contributed by atoms with Crippen LogP contribution in [-0.2, 0) is 27.2 Å². The van der Waals surface area contributed by atoms with Crippen molar-refractivity contribution >= 4 is 44.4 Å². The van der Waals surface area contributed by atoms with Gasteiger partial charge in [-0.2, -0.15) is 9.29 Å². The fourth-order valence-corrected chi connectivity index (χ4v) is 5.67. The number of anilines is 2. The summed E-state index contributed by atoms with van der Waals surface area (Å²) in [6.07, 6.45) is -5.19. The van der Waals surface area contributed by atoms with Crippen molar-refractivity contribution in [1.29, 1.82) is 0 Å². The molecule has 1 unspecified atom stereocenters. The number of imidazole rings is 1. The molecule has 0 spiro atoms. The number of H-pyrrole nitrogens is 1. The highest BCUT2D eigenvalue weighted by molar-refractivity contribution is 7.61. The third-order valence-electron chi connectivity index (χ3n) is 5.28. The predicted octanol–water partition coefficient (Wildman–Crippen LogP) is -0.546. The molecule has 0 aliphatic carbocycles. The predicted molar refractivity (Wildman–Crippen MR) is 127 cm³/mol. The van der Waals surface area contributed by atoms with Crippen LogP contribution in [-0.4, -0.2) is 77.5 Å². The smallest absolute Gasteiger partial charge is 0.387 e. The maximum absolute atomic E-state index is 13.0. The number of benzene rings is 1. The number of hydrogen-bond donors (Lipinski definition) is 7. The monoisotopic (exact) mass is 576 g/mol. The highest BCUT2D eigenvalue weighted by atomic mass is 31.3. The van der Waals surface area contributed by atoms with Crippen molar-refractivity contribution in [2.75, 3.05) is 24.7 Å². The second kappa shape index (κ2) is 10.5. The Bertz CT molecular complexity index is 1500. The van der Waals surface area contributed by atoms with E-state index in [2.05, 4.69) is 24.6 Å². The van der Waals surface area contributed by atoms with Crippen molar-refractivity contribution in [3.8, 4) is 0 Å². The Morgan fingerprint density at radius 2 is 1.97 bits per heavy atom. The van der Waals surface area contributed by atoms with Gasteiger partial charge in [0.15, 0.2) is 17.4 Å². The van der Waals surface area contributed by atoms with Gasteiger partial charge >= 0.3 is 21.6 Å². The summed E-state index contributed by atoms with van der Waals surface area (Å²) in [4.78, 5) is 53.1. The average Bonchev–Trinajstić information content (AvgIpc) is 3.37. The summed E-state index contributed by atoms with van der Waals surface area (Å²) in [6.45, 7) is -0.935. The second-order valence-corrected chi connectivity index (χ2v) is 10.8. The van der Waals surface area contributed by atoms with E-state index in [1.807, 2.05) is 0 Å². The van der Waals surface area contributed by atoms with Gasteiger partial charge in [-0.1, -0.05) is 12.1 Å². The Kier molecular flexibility index (Phi) is 7.72. The lowest BCUT2D eigenvalue weighted by Gasteiger charge is -2.21. The van der Waals surface area contributed by atoms with E-state index in [1.54, 1.807) is 6.07 Å². The molecular weight excluding hydrogens is 554 g/mol. The number of phosphoric ester groups is 1. The number of carbonyl (C=O) groups is 1. The number of nitrogens with zero attached hydrogens (tertiary/aromatic N) is 3. The fourth-order valence-electron chi connectivity index (χ4n) is 3.62. The van der Waals surface area contributed by atoms with Crippen molar-refractivity contribution in [2.24, 2.45) is 0 Å². The SMILES string of the molecule is CNc1ccccc1C(=O)OP(=O)(OC[C@H]1O[C@@H](n2cnc3c(=O)[nH]c(N)nc32)[C@H](O)[C@@H]1O)OP(=O)(O)O. The molecule has 1 aliphatic rings. The quantitative estimate of drug-likeness (QED) is 0.157. The Balaban J connectivity index is 1.54. The number of aromatic nitrogens is 4. The number of para-hydroxylation sites is 1. The first-order chi connectivity index (χ1) is 17.8. The van der Waals surface area contributed by atoms with Crippen LogP contribution in [0.25, 0.3) is 11.2 Å². The van der Waals surface area contributed by atoms with Crippen molar-refractivity contribution in [2.45, 2.75) is 24.5 Å². The molecule has 2 aromatic heterocycles. The molecule has 0 bridgehead atoms. The Morgan fingerprint density at radius 3 is 2.66 bits per heavy atom. The molecule has 1 saturated heterocycles. The number of hydrogen-bond acceptors (Lipinski definition) is 14. The molecule has 18 nitrogen and oxygen atoms in total. The van der Waals surface area contributed by atoms with Gasteiger partial charge in [0.05, 0.1) is 18.5 Å². The highest BCUT2D eigenvalue weighted by Crippen LogP contribution is 2.61. The van der Waals surface area contributed by atoms with Crippen LogP contribution in [0.1, 0.15) is 16.6 Å². The maximum Gasteiger partial charge on any atom is 0.541 e. The van der Waals surface area contributed by atoms with Crippen molar-refractivity contribution < 1.29 is 52.0 Å². The summed E-state index contributed by atoms with van der Waals surface area (Å²) in [6, 6.07) is 5.79. The number of nitrogen functional groups attached to an aromatic ring is 1. The number of nitrogens with one attached hydrogen (secondary N) is 2. The molecule has 4 rings (SSSR count). The number of carbonyl (C=O) groups excluding carboxylic acids is 1. The third-order valence-corrected chi connectivity index (χ3v) is 7.78. The Morgan fingerprint density at radius 1 is 1.26 bits per heavy atom. The molecule has 5 atom stereocenters. The van der Waals surface area contributed by atoms with E-state index in [4.69, 9.17) is 19.5 Å². The third kappa shape index (κ3) is 5.78. The summed E-state index contributed by atoms with van der Waals surface area (Å²) in [5, 5.41) is 23.7. The van der Waals surface area contributed by atoms with Crippen LogP contribution in [0.5, 0.6) is 0 Å². The van der Waals surface area contributed by atoms with E-state index < -0.39 is 58.3 Å². The molecule has 0 radical (unpaired) electrons. The van der Waals surface area contributed by atoms with E-state index in [-0.39, 0.29) is 28.4 Å². The molecule has 38 heavy (non-hydrogen) atoms. The molecule has 0 amide bonds. The van der Waals surface area contributed by atoms with E-state index >= 15 is 0 Å². The summed E-state index contributed by atoms with van der Waals surface area (Å²) in [7, 11) is -9.38. The molecule has 206 valence electrons. The van der Waals surface area contributed by atoms with Gasteiger partial charge in [-0.25, -0.2) is 18.9 Å². The first-order valence-electron chi connectivity index (χ1n) is 10.6. The van der Waals surface area contributed by atoms with Crippen LogP contribution >= 0.6 is 15.6 Å². The summed E-state index contributed by atoms with van der Waals surface area (Å²) in [5.41, 5.74) is 4.73. The largest absolute Gasteiger partial charge is 0.541 e. The first kappa shape index (κ1) is 27.8. The van der Waals surface area contributed by atoms with Crippen LogP contribution in [0.2, 0.25) is 0 Å². The van der Waals surface area contributed by atoms with Crippen LogP contribution < -0.4 is 16.6 Å². The molecule has 3 aromatic rings. The number of aromatic amines is 1. The van der Waals surface area contributed by atoms with Gasteiger partial charge < -0.3 is 40.3 Å². The summed E-state index contributed by atoms with van der Waals surface area (Å²) in [5.74, 6) is -1.56. The zero-order valence-electron chi connectivity index (χ0n) is 19.3. The average molecular weight is 576 g/mol. The Labute approximate surface area is 212 Å². The second-order valence-electron chi connectivity index (χ2n) is 7.81. The van der Waals surface area contributed by atoms with Crippen molar-refractivity contribution in [3.63, 3.8) is 0 Å². The molecule has 1 fully saturated rings. The van der Waals surface area contributed by atoms with Crippen molar-refractivity contribution in [3.05, 3.63) is 46.5 Å². The standard InChI is InChI=1S/C18H22N6O12P2/c1-20-9-5-3-2-4-8(9)17(28)35-38(32,36-37(29,30)31)33-6-10-12(25)13(26)16(34-10)24-7-21-11-14(24)22-18(19)23-15(11)27/h2-5,7,10,12-13,16,20,25-26H,6H2,1H3,(H2,29,30,31)(H3,19,22,23,27)/t10-,12-,13-,16-,38?/m1/s1. The van der Waals surface area contributed by atoms with E-state index in [9.17, 15) is 38.7 Å². The molecule has 8 N–H and O–H groups in total. The lowest BCUT2D eigenvalue weighted by Crippen LogP contribution is -2.33. The zero-order valence-corrected chi connectivity index (χ0v) is 21.1. The van der Waals surface area contributed by atoms with E-state index in [0.717, 1.165) is 10.9 Å². The lowest BCUT2D eigenvalue weighted by molar-refractivity contribution is -0.0507. The molecule has 0 saturated carbocycles. The maximum atomic E-state index is 13.0. The number of aliphatic hydroxyl groups is 2. The van der Waals surface area contributed by atoms with E-state index in [0.29, 0.717) is 0 Å². The van der Waals surface area contributed by atoms with E-state index in [1.165, 1.54) is 25.2 Å². The number of phosphoric acid groups is 2. The van der Waals surface area contributed by atoms with Crippen LogP contribution in [0.3, 0.4) is 0 Å². The molecular formula is C18H22N6O12P2. The van der Waals surface area contributed by atoms with Gasteiger partial charge in [0, 0.05) is 12.7 Å². The molecule has 20 heteroatoms. The van der Waals surface area contributed by atoms with Gasteiger partial charge in [-0.3, -0.25) is 18.9 Å². The molecule has 3 heterocycles. The zero-order chi connectivity index (χ0) is 27.8. The number of fused-ring (bicyclic) bond motifs is 1. The van der Waals surface area contributed by atoms with Crippen molar-refractivity contribution in [1.82, 2.24) is 19.5 Å². The molecule has 1 aromatic carbocycles. The lowest BCUT2D eigenvalue weighted by atomic mass is 10.1. The minimum Gasteiger partial charge on any atom is -0.387 e. The van der Waals surface area contributed by atoms with Crippen LogP contribution in [0.15, 0.2) is 35.4 Å². The highest BCUT2D eigenvalue weighted by Gasteiger charge is 2.47. The topological polar surface area (TPSA) is 271 Å². The number of nitrogens with two attached hydrogens (primary N) is 1. The first-order valence-corrected chi connectivity index (χ1v) is 13.6. The minimum absolute atomic E-state index is 0.0864. The summed E-state index contributed by atoms with van der Waals surface area (Å²) >= 11 is 0. The fraction of sp³-hybridized carbons (Fsp3) is 0.333. The minimum atomic E-state index is -5.53. The van der Waals surface area contributed by atoms with Crippen LogP contribution in [0, 0.1) is 0 Å². The number of aliphatic hydroxyl groups excluding tert-OH is 2. The van der Waals surface area contributed by atoms with Gasteiger partial charge in [-0.05, 0) is 12.1 Å².